The van der Waals surface area contributed by atoms with E-state index in [0.29, 0.717) is 17.6 Å². The average Bonchev–Trinajstić information content (AvgIpc) is 3.14. The van der Waals surface area contributed by atoms with Crippen LogP contribution in [-0.4, -0.2) is 50.0 Å². The van der Waals surface area contributed by atoms with Crippen LogP contribution in [0.25, 0.3) is 11.0 Å². The summed E-state index contributed by atoms with van der Waals surface area (Å²) < 4.78 is 0. The number of nitrogens with zero attached hydrogens (tertiary/aromatic N) is 4. The number of hydrogen-bond donors (Lipinski definition) is 2. The van der Waals surface area contributed by atoms with Crippen molar-refractivity contribution in [2.24, 2.45) is 0 Å². The molecule has 0 unspecified atom stereocenters. The Kier molecular flexibility index (Phi) is 4.10. The molecule has 0 aliphatic heterocycles. The molecular formula is C16H20N6O. The van der Waals surface area contributed by atoms with E-state index in [0.717, 1.165) is 29.7 Å². The first-order valence-corrected chi connectivity index (χ1v) is 7.62. The molecule has 1 aromatic carbocycles. The zero-order valence-electron chi connectivity index (χ0n) is 13.6. The third kappa shape index (κ3) is 3.08. The Morgan fingerprint density at radius 2 is 1.96 bits per heavy atom. The van der Waals surface area contributed by atoms with E-state index in [1.54, 1.807) is 23.1 Å². The summed E-state index contributed by atoms with van der Waals surface area (Å²) in [4.78, 5) is 14.2. The van der Waals surface area contributed by atoms with E-state index in [1.165, 1.54) is 5.56 Å². The second-order valence-electron chi connectivity index (χ2n) is 5.77. The van der Waals surface area contributed by atoms with E-state index >= 15 is 0 Å². The van der Waals surface area contributed by atoms with Gasteiger partial charge >= 0.3 is 0 Å². The zero-order valence-corrected chi connectivity index (χ0v) is 13.6. The highest BCUT2D eigenvalue weighted by molar-refractivity contribution is 5.97. The predicted molar refractivity (Wildman–Crippen MR) is 87.2 cm³/mol. The van der Waals surface area contributed by atoms with Crippen LogP contribution in [0.5, 0.6) is 0 Å². The Labute approximate surface area is 134 Å². The van der Waals surface area contributed by atoms with Crippen molar-refractivity contribution < 1.29 is 4.79 Å². The highest BCUT2D eigenvalue weighted by Crippen LogP contribution is 2.14. The molecule has 0 bridgehead atoms. The Bertz CT molecular complexity index is 815. The van der Waals surface area contributed by atoms with Gasteiger partial charge in [0.15, 0.2) is 0 Å². The standard InChI is InChI=1S/C16H20N6O/c1-10-13(11(2)18-17-10)5-4-8-22(3)16(23)12-6-7-14-15(9-12)20-21-19-14/h6-7,9H,4-5,8H2,1-3H3,(H,17,18)(H,19,20,21). The SMILES string of the molecule is Cc1n[nH]c(C)c1CCCN(C)C(=O)c1ccc2n[nH]nc2c1. The molecule has 1 amide bonds. The largest absolute Gasteiger partial charge is 0.342 e. The summed E-state index contributed by atoms with van der Waals surface area (Å²) in [5.41, 5.74) is 5.48. The van der Waals surface area contributed by atoms with Gasteiger partial charge in [0, 0.05) is 24.8 Å². The van der Waals surface area contributed by atoms with Crippen LogP contribution in [0.3, 0.4) is 0 Å². The zero-order chi connectivity index (χ0) is 16.4. The lowest BCUT2D eigenvalue weighted by Crippen LogP contribution is -2.28. The molecule has 23 heavy (non-hydrogen) atoms. The maximum Gasteiger partial charge on any atom is 0.253 e. The molecule has 0 atom stereocenters. The van der Waals surface area contributed by atoms with E-state index in [1.807, 2.05) is 20.9 Å². The van der Waals surface area contributed by atoms with Crippen LogP contribution in [0.1, 0.15) is 33.7 Å². The second kappa shape index (κ2) is 6.20. The number of nitrogens with one attached hydrogen (secondary N) is 2. The van der Waals surface area contributed by atoms with Gasteiger partial charge in [-0.05, 0) is 50.5 Å². The number of aryl methyl sites for hydroxylation is 2. The van der Waals surface area contributed by atoms with Crippen molar-refractivity contribution in [3.8, 4) is 0 Å². The lowest BCUT2D eigenvalue weighted by molar-refractivity contribution is 0.0793. The van der Waals surface area contributed by atoms with Gasteiger partial charge in [-0.25, -0.2) is 0 Å². The smallest absolute Gasteiger partial charge is 0.253 e. The summed E-state index contributed by atoms with van der Waals surface area (Å²) in [5.74, 6) is -0.00413. The van der Waals surface area contributed by atoms with Crippen LogP contribution in [0.15, 0.2) is 18.2 Å². The third-order valence-electron chi connectivity index (χ3n) is 4.11. The number of carbonyl (C=O) groups is 1. The van der Waals surface area contributed by atoms with Gasteiger partial charge in [-0.15, -0.1) is 0 Å². The predicted octanol–water partition coefficient (Wildman–Crippen LogP) is 2.00. The first-order chi connectivity index (χ1) is 11.1. The summed E-state index contributed by atoms with van der Waals surface area (Å²) in [7, 11) is 1.82. The van der Waals surface area contributed by atoms with Gasteiger partial charge in [-0.3, -0.25) is 9.89 Å². The Morgan fingerprint density at radius 3 is 2.70 bits per heavy atom. The van der Waals surface area contributed by atoms with E-state index in [2.05, 4.69) is 25.6 Å². The normalized spacial score (nSPS) is 11.1. The number of benzene rings is 1. The summed E-state index contributed by atoms with van der Waals surface area (Å²) in [5, 5.41) is 17.8. The van der Waals surface area contributed by atoms with Crippen molar-refractivity contribution in [3.63, 3.8) is 0 Å². The summed E-state index contributed by atoms with van der Waals surface area (Å²) in [6.45, 7) is 4.72. The van der Waals surface area contributed by atoms with Crippen LogP contribution in [0.4, 0.5) is 0 Å². The van der Waals surface area contributed by atoms with E-state index in [9.17, 15) is 4.79 Å². The van der Waals surface area contributed by atoms with Gasteiger partial charge in [-0.1, -0.05) is 0 Å². The molecule has 0 spiro atoms. The highest BCUT2D eigenvalue weighted by atomic mass is 16.2. The highest BCUT2D eigenvalue weighted by Gasteiger charge is 2.13. The molecule has 120 valence electrons. The van der Waals surface area contributed by atoms with Gasteiger partial charge < -0.3 is 4.90 Å². The lowest BCUT2D eigenvalue weighted by atomic mass is 10.1. The number of rotatable bonds is 5. The van der Waals surface area contributed by atoms with Crippen molar-refractivity contribution in [2.45, 2.75) is 26.7 Å². The fourth-order valence-electron chi connectivity index (χ4n) is 2.73. The Hall–Kier alpha value is -2.70. The number of aromatic amines is 2. The Morgan fingerprint density at radius 1 is 1.17 bits per heavy atom. The van der Waals surface area contributed by atoms with E-state index in [-0.39, 0.29) is 5.91 Å². The fraction of sp³-hybridized carbons (Fsp3) is 0.375. The van der Waals surface area contributed by atoms with Crippen LogP contribution in [0, 0.1) is 13.8 Å². The molecule has 3 aromatic rings. The average molecular weight is 312 g/mol. The van der Waals surface area contributed by atoms with Crippen LogP contribution in [0.2, 0.25) is 0 Å². The molecule has 3 rings (SSSR count). The molecule has 7 heteroatoms. The first kappa shape index (κ1) is 15.2. The number of aromatic nitrogens is 5. The molecule has 7 nitrogen and oxygen atoms in total. The molecule has 2 heterocycles. The van der Waals surface area contributed by atoms with Crippen LogP contribution < -0.4 is 0 Å². The number of H-pyrrole nitrogens is 2. The number of fused-ring (bicyclic) bond motifs is 1. The van der Waals surface area contributed by atoms with E-state index in [4.69, 9.17) is 0 Å². The fourth-order valence-corrected chi connectivity index (χ4v) is 2.73. The summed E-state index contributed by atoms with van der Waals surface area (Å²) >= 11 is 0. The minimum absolute atomic E-state index is 0.00413. The molecular weight excluding hydrogens is 292 g/mol. The molecule has 0 radical (unpaired) electrons. The third-order valence-corrected chi connectivity index (χ3v) is 4.11. The number of carbonyl (C=O) groups excluding carboxylic acids is 1. The molecule has 2 aromatic heterocycles. The van der Waals surface area contributed by atoms with E-state index < -0.39 is 0 Å². The summed E-state index contributed by atoms with van der Waals surface area (Å²) in [6.07, 6.45) is 1.81. The molecule has 0 saturated carbocycles. The second-order valence-corrected chi connectivity index (χ2v) is 5.77. The molecule has 2 N–H and O–H groups in total. The van der Waals surface area contributed by atoms with Crippen molar-refractivity contribution >= 4 is 16.9 Å². The van der Waals surface area contributed by atoms with Crippen LogP contribution in [-0.2, 0) is 6.42 Å². The maximum absolute atomic E-state index is 12.5. The van der Waals surface area contributed by atoms with Crippen molar-refractivity contribution in [3.05, 3.63) is 40.7 Å². The van der Waals surface area contributed by atoms with Crippen molar-refractivity contribution in [2.75, 3.05) is 13.6 Å². The molecule has 0 saturated heterocycles. The maximum atomic E-state index is 12.5. The number of amides is 1. The number of hydrogen-bond acceptors (Lipinski definition) is 4. The monoisotopic (exact) mass is 312 g/mol. The van der Waals surface area contributed by atoms with Crippen molar-refractivity contribution in [1.82, 2.24) is 30.5 Å². The summed E-state index contributed by atoms with van der Waals surface area (Å²) in [6, 6.07) is 5.36. The minimum Gasteiger partial charge on any atom is -0.342 e. The first-order valence-electron chi connectivity index (χ1n) is 7.62. The van der Waals surface area contributed by atoms with Gasteiger partial charge in [0.1, 0.15) is 11.0 Å². The van der Waals surface area contributed by atoms with Gasteiger partial charge in [0.05, 0.1) is 5.69 Å². The van der Waals surface area contributed by atoms with Gasteiger partial charge in [0.2, 0.25) is 0 Å². The van der Waals surface area contributed by atoms with Crippen molar-refractivity contribution in [1.29, 1.82) is 0 Å². The van der Waals surface area contributed by atoms with Gasteiger partial charge in [0.25, 0.3) is 5.91 Å². The van der Waals surface area contributed by atoms with Crippen LogP contribution >= 0.6 is 0 Å². The molecule has 0 fully saturated rings. The lowest BCUT2D eigenvalue weighted by Gasteiger charge is -2.17. The quantitative estimate of drug-likeness (QED) is 0.754. The Balaban J connectivity index is 1.61. The molecule has 0 aliphatic carbocycles. The topological polar surface area (TPSA) is 90.6 Å². The minimum atomic E-state index is -0.00413. The van der Waals surface area contributed by atoms with Gasteiger partial charge in [-0.2, -0.15) is 20.5 Å². The molecule has 0 aliphatic rings.